The lowest BCUT2D eigenvalue weighted by atomic mass is 10.2. The Morgan fingerprint density at radius 2 is 2.42 bits per heavy atom. The summed E-state index contributed by atoms with van der Waals surface area (Å²) in [5, 5.41) is 5.83. The summed E-state index contributed by atoms with van der Waals surface area (Å²) in [6.07, 6.45) is 1.81. The number of piperazine rings is 1. The van der Waals surface area contributed by atoms with Gasteiger partial charge < -0.3 is 11.1 Å². The van der Waals surface area contributed by atoms with Crippen LogP contribution in [0.15, 0.2) is 16.0 Å². The number of hydrogen-bond donors (Lipinski definition) is 2. The molecule has 1 aliphatic heterocycles. The van der Waals surface area contributed by atoms with Gasteiger partial charge in [-0.2, -0.15) is 0 Å². The molecule has 1 fully saturated rings. The summed E-state index contributed by atoms with van der Waals surface area (Å²) in [7, 11) is 0. The lowest BCUT2D eigenvalue weighted by Gasteiger charge is -2.26. The molecule has 1 saturated heterocycles. The molecule has 2 aromatic rings. The third-order valence-corrected chi connectivity index (χ3v) is 5.15. The molecule has 1 aliphatic rings. The van der Waals surface area contributed by atoms with Crippen molar-refractivity contribution in [1.82, 2.24) is 15.2 Å². The highest BCUT2D eigenvalue weighted by molar-refractivity contribution is 9.10. The molecule has 100 valence electrons. The number of pyridine rings is 1. The van der Waals surface area contributed by atoms with E-state index in [2.05, 4.69) is 31.1 Å². The van der Waals surface area contributed by atoms with Gasteiger partial charge in [-0.3, -0.25) is 9.69 Å². The van der Waals surface area contributed by atoms with Gasteiger partial charge in [-0.25, -0.2) is 4.98 Å². The Bertz CT molecular complexity index is 642. The monoisotopic (exact) mass is 340 g/mol. The quantitative estimate of drug-likeness (QED) is 0.870. The van der Waals surface area contributed by atoms with Crippen molar-refractivity contribution in [2.24, 2.45) is 0 Å². The van der Waals surface area contributed by atoms with Gasteiger partial charge in [0.25, 0.3) is 0 Å². The van der Waals surface area contributed by atoms with Gasteiger partial charge >= 0.3 is 0 Å². The molecule has 0 aromatic carbocycles. The van der Waals surface area contributed by atoms with Crippen LogP contribution in [0.4, 0.5) is 5.82 Å². The van der Waals surface area contributed by atoms with Crippen molar-refractivity contribution in [2.75, 3.05) is 25.4 Å². The number of halogens is 1. The molecule has 19 heavy (non-hydrogen) atoms. The predicted octanol–water partition coefficient (Wildman–Crippen LogP) is 1.57. The van der Waals surface area contributed by atoms with E-state index in [1.807, 2.05) is 11.6 Å². The van der Waals surface area contributed by atoms with Crippen LogP contribution in [0.5, 0.6) is 0 Å². The highest BCUT2D eigenvalue weighted by Crippen LogP contribution is 2.35. The first kappa shape index (κ1) is 12.8. The summed E-state index contributed by atoms with van der Waals surface area (Å²) in [6, 6.07) is 0. The summed E-state index contributed by atoms with van der Waals surface area (Å²) in [4.78, 5) is 17.8. The molecule has 1 amide bonds. The summed E-state index contributed by atoms with van der Waals surface area (Å²) in [6.45, 7) is 2.74. The third kappa shape index (κ3) is 2.45. The van der Waals surface area contributed by atoms with Crippen molar-refractivity contribution >= 4 is 49.1 Å². The van der Waals surface area contributed by atoms with Crippen LogP contribution in [0.1, 0.15) is 5.56 Å². The minimum atomic E-state index is 0.0817. The van der Waals surface area contributed by atoms with Crippen LogP contribution in [0.3, 0.4) is 0 Å². The van der Waals surface area contributed by atoms with Crippen LogP contribution in [-0.4, -0.2) is 35.4 Å². The van der Waals surface area contributed by atoms with Gasteiger partial charge in [0, 0.05) is 51.3 Å². The number of thiophene rings is 1. The zero-order valence-electron chi connectivity index (χ0n) is 10.1. The first-order valence-corrected chi connectivity index (χ1v) is 7.61. The van der Waals surface area contributed by atoms with Crippen molar-refractivity contribution in [2.45, 2.75) is 6.54 Å². The highest BCUT2D eigenvalue weighted by Gasteiger charge is 2.18. The van der Waals surface area contributed by atoms with E-state index in [4.69, 9.17) is 5.73 Å². The molecule has 0 radical (unpaired) electrons. The third-order valence-electron chi connectivity index (χ3n) is 3.16. The average Bonchev–Trinajstić information content (AvgIpc) is 2.76. The van der Waals surface area contributed by atoms with E-state index in [9.17, 15) is 4.79 Å². The minimum Gasteiger partial charge on any atom is -0.383 e. The number of fused-ring (bicyclic) bond motifs is 1. The van der Waals surface area contributed by atoms with E-state index >= 15 is 0 Å². The fourth-order valence-corrected chi connectivity index (χ4v) is 4.02. The van der Waals surface area contributed by atoms with Gasteiger partial charge in [0.15, 0.2) is 0 Å². The second kappa shape index (κ2) is 5.07. The van der Waals surface area contributed by atoms with Crippen LogP contribution in [-0.2, 0) is 11.3 Å². The maximum absolute atomic E-state index is 11.4. The van der Waals surface area contributed by atoms with E-state index in [0.29, 0.717) is 18.9 Å². The largest absolute Gasteiger partial charge is 0.383 e. The molecule has 3 N–H and O–H groups in total. The molecule has 2 aromatic heterocycles. The summed E-state index contributed by atoms with van der Waals surface area (Å²) in [5.41, 5.74) is 7.03. The van der Waals surface area contributed by atoms with Crippen LogP contribution < -0.4 is 11.1 Å². The number of anilines is 1. The van der Waals surface area contributed by atoms with Crippen LogP contribution in [0.25, 0.3) is 10.1 Å². The summed E-state index contributed by atoms with van der Waals surface area (Å²) < 4.78 is 2.13. The average molecular weight is 341 g/mol. The maximum Gasteiger partial charge on any atom is 0.234 e. The van der Waals surface area contributed by atoms with Gasteiger partial charge in [-0.15, -0.1) is 11.3 Å². The van der Waals surface area contributed by atoms with Crippen molar-refractivity contribution in [3.05, 3.63) is 21.6 Å². The van der Waals surface area contributed by atoms with Gasteiger partial charge in [-0.1, -0.05) is 0 Å². The van der Waals surface area contributed by atoms with Crippen molar-refractivity contribution in [3.8, 4) is 0 Å². The smallest absolute Gasteiger partial charge is 0.234 e. The van der Waals surface area contributed by atoms with E-state index in [-0.39, 0.29) is 5.91 Å². The Morgan fingerprint density at radius 1 is 1.58 bits per heavy atom. The molecule has 5 nitrogen and oxygen atoms in total. The first-order valence-electron chi connectivity index (χ1n) is 5.94. The zero-order chi connectivity index (χ0) is 13.4. The number of carbonyl (C=O) groups is 1. The van der Waals surface area contributed by atoms with Crippen LogP contribution in [0, 0.1) is 0 Å². The van der Waals surface area contributed by atoms with Crippen molar-refractivity contribution in [1.29, 1.82) is 0 Å². The zero-order valence-corrected chi connectivity index (χ0v) is 12.6. The number of carbonyl (C=O) groups excluding carboxylic acids is 1. The van der Waals surface area contributed by atoms with Crippen LogP contribution >= 0.6 is 27.3 Å². The maximum atomic E-state index is 11.4. The van der Waals surface area contributed by atoms with Gasteiger partial charge in [0.05, 0.1) is 6.54 Å². The van der Waals surface area contributed by atoms with Crippen molar-refractivity contribution in [3.63, 3.8) is 0 Å². The Hall–Kier alpha value is -1.18. The fourth-order valence-electron chi connectivity index (χ4n) is 2.26. The Balaban J connectivity index is 1.93. The standard InChI is InChI=1S/C12H13BrN4OS/c13-8-6-19-11-7(3-16-12(14)10(8)11)4-17-2-1-15-9(18)5-17/h3,6H,1-2,4-5H2,(H2,14,16)(H,15,18). The number of amides is 1. The summed E-state index contributed by atoms with van der Waals surface area (Å²) >= 11 is 5.15. The molecular formula is C12H13BrN4OS. The Labute approximate surface area is 122 Å². The molecule has 3 rings (SSSR count). The van der Waals surface area contributed by atoms with E-state index < -0.39 is 0 Å². The highest BCUT2D eigenvalue weighted by atomic mass is 79.9. The summed E-state index contributed by atoms with van der Waals surface area (Å²) in [5.74, 6) is 0.626. The van der Waals surface area contributed by atoms with Gasteiger partial charge in [0.2, 0.25) is 5.91 Å². The fraction of sp³-hybridized carbons (Fsp3) is 0.333. The SMILES string of the molecule is Nc1ncc(CN2CCNC(=O)C2)c2scc(Br)c12. The lowest BCUT2D eigenvalue weighted by molar-refractivity contribution is -0.124. The number of nitrogens with two attached hydrogens (primary N) is 1. The number of aromatic nitrogens is 1. The van der Waals surface area contributed by atoms with Crippen LogP contribution in [0.2, 0.25) is 0 Å². The number of rotatable bonds is 2. The molecule has 0 saturated carbocycles. The topological polar surface area (TPSA) is 71.2 Å². The molecule has 0 bridgehead atoms. The number of nitrogens with one attached hydrogen (secondary N) is 1. The van der Waals surface area contributed by atoms with Gasteiger partial charge in [-0.05, 0) is 15.9 Å². The van der Waals surface area contributed by atoms with Crippen molar-refractivity contribution < 1.29 is 4.79 Å². The minimum absolute atomic E-state index is 0.0817. The lowest BCUT2D eigenvalue weighted by Crippen LogP contribution is -2.47. The molecule has 0 atom stereocenters. The Kier molecular flexibility index (Phi) is 3.42. The number of nitrogens with zero attached hydrogens (tertiary/aromatic N) is 2. The van der Waals surface area contributed by atoms with E-state index in [1.54, 1.807) is 11.3 Å². The molecular weight excluding hydrogens is 328 g/mol. The van der Waals surface area contributed by atoms with E-state index in [0.717, 1.165) is 33.2 Å². The number of hydrogen-bond acceptors (Lipinski definition) is 5. The molecule has 0 unspecified atom stereocenters. The molecule has 3 heterocycles. The van der Waals surface area contributed by atoms with E-state index in [1.165, 1.54) is 0 Å². The first-order chi connectivity index (χ1) is 9.15. The normalized spacial score (nSPS) is 16.8. The second-order valence-electron chi connectivity index (χ2n) is 4.52. The second-order valence-corrected chi connectivity index (χ2v) is 6.25. The molecule has 0 aliphatic carbocycles. The number of nitrogen functional groups attached to an aromatic ring is 1. The molecule has 0 spiro atoms. The Morgan fingerprint density at radius 3 is 3.21 bits per heavy atom. The molecule has 7 heteroatoms. The predicted molar refractivity (Wildman–Crippen MR) is 80.0 cm³/mol. The van der Waals surface area contributed by atoms with Gasteiger partial charge in [0.1, 0.15) is 5.82 Å².